The highest BCUT2D eigenvalue weighted by molar-refractivity contribution is 7.99. The third kappa shape index (κ3) is 4.86. The van der Waals surface area contributed by atoms with Crippen LogP contribution in [0.3, 0.4) is 0 Å². The molecule has 1 aromatic carbocycles. The van der Waals surface area contributed by atoms with Gasteiger partial charge in [0.15, 0.2) is 0 Å². The van der Waals surface area contributed by atoms with Crippen LogP contribution in [0.15, 0.2) is 18.2 Å². The van der Waals surface area contributed by atoms with Crippen LogP contribution in [0.25, 0.3) is 0 Å². The SMILES string of the molecule is C#CCSCCNC(=O)Nc1cccc(C)c1C(=O)O. The standard InChI is InChI=1S/C14H16N2O3S/c1-3-8-20-9-7-15-14(19)16-11-6-4-5-10(2)12(11)13(17)18/h1,4-6H,7-9H2,2H3,(H,17,18)(H2,15,16,19). The lowest BCUT2D eigenvalue weighted by molar-refractivity contribution is 0.0697. The van der Waals surface area contributed by atoms with E-state index in [9.17, 15) is 9.59 Å². The largest absolute Gasteiger partial charge is 0.478 e. The molecular weight excluding hydrogens is 276 g/mol. The Bertz CT molecular complexity index is 538. The number of rotatable bonds is 6. The van der Waals surface area contributed by atoms with E-state index in [2.05, 4.69) is 16.6 Å². The first kappa shape index (κ1) is 15.9. The Labute approximate surface area is 122 Å². The van der Waals surface area contributed by atoms with Crippen LogP contribution in [-0.2, 0) is 0 Å². The van der Waals surface area contributed by atoms with Gasteiger partial charge in [-0.1, -0.05) is 18.1 Å². The lowest BCUT2D eigenvalue weighted by atomic mass is 10.1. The first-order valence-electron chi connectivity index (χ1n) is 5.95. The minimum Gasteiger partial charge on any atom is -0.478 e. The molecule has 0 heterocycles. The summed E-state index contributed by atoms with van der Waals surface area (Å²) in [7, 11) is 0. The third-order valence-corrected chi connectivity index (χ3v) is 3.32. The average molecular weight is 292 g/mol. The number of carbonyl (C=O) groups is 2. The molecule has 0 aliphatic rings. The van der Waals surface area contributed by atoms with Crippen LogP contribution in [-0.4, -0.2) is 35.2 Å². The highest BCUT2D eigenvalue weighted by Crippen LogP contribution is 2.19. The average Bonchev–Trinajstić information content (AvgIpc) is 2.38. The Balaban J connectivity index is 2.56. The Kier molecular flexibility index (Phi) is 6.47. The van der Waals surface area contributed by atoms with Crippen molar-refractivity contribution in [2.45, 2.75) is 6.92 Å². The molecular formula is C14H16N2O3S. The number of anilines is 1. The lowest BCUT2D eigenvalue weighted by Gasteiger charge is -2.11. The molecule has 1 aromatic rings. The van der Waals surface area contributed by atoms with Gasteiger partial charge >= 0.3 is 12.0 Å². The molecule has 0 fully saturated rings. The second-order valence-corrected chi connectivity index (χ2v) is 5.05. The highest BCUT2D eigenvalue weighted by Gasteiger charge is 2.14. The molecule has 1 rings (SSSR count). The molecule has 0 saturated heterocycles. The van der Waals surface area contributed by atoms with E-state index in [0.29, 0.717) is 23.6 Å². The molecule has 0 saturated carbocycles. The second kappa shape index (κ2) is 8.12. The van der Waals surface area contributed by atoms with Crippen LogP contribution < -0.4 is 10.6 Å². The molecule has 0 bridgehead atoms. The van der Waals surface area contributed by atoms with Crippen LogP contribution in [0.1, 0.15) is 15.9 Å². The number of thioether (sulfide) groups is 1. The minimum atomic E-state index is -1.07. The summed E-state index contributed by atoms with van der Waals surface area (Å²) in [6.45, 7) is 2.15. The number of aryl methyl sites for hydroxylation is 1. The summed E-state index contributed by atoms with van der Waals surface area (Å²) in [4.78, 5) is 22.8. The monoisotopic (exact) mass is 292 g/mol. The maximum Gasteiger partial charge on any atom is 0.338 e. The van der Waals surface area contributed by atoms with Crippen molar-refractivity contribution in [3.05, 3.63) is 29.3 Å². The number of nitrogens with one attached hydrogen (secondary N) is 2. The van der Waals surface area contributed by atoms with Crippen LogP contribution in [0.2, 0.25) is 0 Å². The smallest absolute Gasteiger partial charge is 0.338 e. The van der Waals surface area contributed by atoms with Crippen molar-refractivity contribution >= 4 is 29.4 Å². The maximum absolute atomic E-state index is 11.7. The Hall–Kier alpha value is -2.13. The van der Waals surface area contributed by atoms with Gasteiger partial charge in [0.1, 0.15) is 0 Å². The zero-order valence-corrected chi connectivity index (χ0v) is 11.9. The van der Waals surface area contributed by atoms with Crippen molar-refractivity contribution in [1.29, 1.82) is 0 Å². The Morgan fingerprint density at radius 3 is 2.85 bits per heavy atom. The van der Waals surface area contributed by atoms with E-state index >= 15 is 0 Å². The fourth-order valence-electron chi connectivity index (χ4n) is 1.59. The Morgan fingerprint density at radius 1 is 1.45 bits per heavy atom. The van der Waals surface area contributed by atoms with Gasteiger partial charge in [-0.2, -0.15) is 0 Å². The summed E-state index contributed by atoms with van der Waals surface area (Å²) < 4.78 is 0. The van der Waals surface area contributed by atoms with Crippen LogP contribution in [0.4, 0.5) is 10.5 Å². The maximum atomic E-state index is 11.7. The van der Waals surface area contributed by atoms with Crippen LogP contribution >= 0.6 is 11.8 Å². The fourth-order valence-corrected chi connectivity index (χ4v) is 2.10. The first-order valence-corrected chi connectivity index (χ1v) is 7.10. The number of carboxylic acid groups (broad SMARTS) is 1. The molecule has 5 nitrogen and oxygen atoms in total. The molecule has 3 N–H and O–H groups in total. The molecule has 0 atom stereocenters. The van der Waals surface area contributed by atoms with Crippen molar-refractivity contribution in [3.63, 3.8) is 0 Å². The van der Waals surface area contributed by atoms with Crippen molar-refractivity contribution in [1.82, 2.24) is 5.32 Å². The molecule has 2 amide bonds. The van der Waals surface area contributed by atoms with Gasteiger partial charge in [0, 0.05) is 12.3 Å². The van der Waals surface area contributed by atoms with Crippen molar-refractivity contribution in [3.8, 4) is 12.3 Å². The number of hydrogen-bond donors (Lipinski definition) is 3. The van der Waals surface area contributed by atoms with Crippen molar-refractivity contribution in [2.75, 3.05) is 23.4 Å². The molecule has 106 valence electrons. The van der Waals surface area contributed by atoms with Gasteiger partial charge in [-0.15, -0.1) is 18.2 Å². The minimum absolute atomic E-state index is 0.101. The van der Waals surface area contributed by atoms with Crippen LogP contribution in [0, 0.1) is 19.3 Å². The first-order chi connectivity index (χ1) is 9.56. The Morgan fingerprint density at radius 2 is 2.20 bits per heavy atom. The number of aromatic carboxylic acids is 1. The van der Waals surface area contributed by atoms with Gasteiger partial charge in [0.05, 0.1) is 17.0 Å². The second-order valence-electron chi connectivity index (χ2n) is 3.94. The topological polar surface area (TPSA) is 78.4 Å². The number of urea groups is 1. The van der Waals surface area contributed by atoms with Gasteiger partial charge < -0.3 is 15.7 Å². The predicted octanol–water partition coefficient (Wildman–Crippen LogP) is 2.18. The molecule has 0 unspecified atom stereocenters. The van der Waals surface area contributed by atoms with Gasteiger partial charge in [-0.05, 0) is 18.6 Å². The number of amides is 2. The van der Waals surface area contributed by atoms with Crippen molar-refractivity contribution < 1.29 is 14.7 Å². The van der Waals surface area contributed by atoms with Gasteiger partial charge in [-0.3, -0.25) is 0 Å². The summed E-state index contributed by atoms with van der Waals surface area (Å²) in [5.74, 6) is 2.73. The van der Waals surface area contributed by atoms with E-state index in [4.69, 9.17) is 11.5 Å². The molecule has 20 heavy (non-hydrogen) atoms. The summed E-state index contributed by atoms with van der Waals surface area (Å²) in [5.41, 5.74) is 0.982. The van der Waals surface area contributed by atoms with Gasteiger partial charge in [-0.25, -0.2) is 9.59 Å². The van der Waals surface area contributed by atoms with E-state index in [1.807, 2.05) is 0 Å². The van der Waals surface area contributed by atoms with E-state index in [-0.39, 0.29) is 11.3 Å². The van der Waals surface area contributed by atoms with E-state index < -0.39 is 12.0 Å². The predicted molar refractivity (Wildman–Crippen MR) is 81.3 cm³/mol. The number of terminal acetylenes is 1. The molecule has 0 spiro atoms. The van der Waals surface area contributed by atoms with E-state index in [1.54, 1.807) is 25.1 Å². The quantitative estimate of drug-likeness (QED) is 0.555. The van der Waals surface area contributed by atoms with E-state index in [1.165, 1.54) is 11.8 Å². The highest BCUT2D eigenvalue weighted by atomic mass is 32.2. The molecule has 0 aliphatic heterocycles. The van der Waals surface area contributed by atoms with E-state index in [0.717, 1.165) is 0 Å². The summed E-state index contributed by atoms with van der Waals surface area (Å²) in [6.07, 6.45) is 5.11. The lowest BCUT2D eigenvalue weighted by Crippen LogP contribution is -2.31. The third-order valence-electron chi connectivity index (χ3n) is 2.45. The molecule has 0 radical (unpaired) electrons. The zero-order valence-electron chi connectivity index (χ0n) is 11.1. The summed E-state index contributed by atoms with van der Waals surface area (Å²) >= 11 is 1.54. The summed E-state index contributed by atoms with van der Waals surface area (Å²) in [5, 5.41) is 14.3. The molecule has 0 aromatic heterocycles. The number of carbonyl (C=O) groups excluding carboxylic acids is 1. The van der Waals surface area contributed by atoms with Gasteiger partial charge in [0.2, 0.25) is 0 Å². The van der Waals surface area contributed by atoms with Gasteiger partial charge in [0.25, 0.3) is 0 Å². The number of carboxylic acids is 1. The fraction of sp³-hybridized carbons (Fsp3) is 0.286. The molecule has 0 aliphatic carbocycles. The van der Waals surface area contributed by atoms with Crippen LogP contribution in [0.5, 0.6) is 0 Å². The number of hydrogen-bond acceptors (Lipinski definition) is 3. The van der Waals surface area contributed by atoms with Crippen molar-refractivity contribution in [2.24, 2.45) is 0 Å². The normalized spacial score (nSPS) is 9.60. The number of benzene rings is 1. The molecule has 6 heteroatoms. The zero-order chi connectivity index (χ0) is 15.0. The summed E-state index contributed by atoms with van der Waals surface area (Å²) in [6, 6.07) is 4.51.